The number of anilines is 2. The van der Waals surface area contributed by atoms with Gasteiger partial charge in [-0.25, -0.2) is 0 Å². The number of hydrogen-bond acceptors (Lipinski definition) is 4. The second-order valence-corrected chi connectivity index (χ2v) is 4.57. The van der Waals surface area contributed by atoms with Crippen LogP contribution >= 0.6 is 0 Å². The third-order valence-corrected chi connectivity index (χ3v) is 2.90. The minimum absolute atomic E-state index is 0.670. The molecule has 0 unspecified atom stereocenters. The van der Waals surface area contributed by atoms with Crippen molar-refractivity contribution in [1.29, 1.82) is 0 Å². The lowest BCUT2D eigenvalue weighted by Crippen LogP contribution is -2.06. The van der Waals surface area contributed by atoms with Crippen LogP contribution < -0.4 is 11.1 Å². The largest absolute Gasteiger partial charge is 0.398 e. The highest BCUT2D eigenvalue weighted by molar-refractivity contribution is 5.88. The number of nitrogens with zero attached hydrogens (tertiary/aromatic N) is 3. The highest BCUT2D eigenvalue weighted by Gasteiger charge is 2.05. The molecule has 0 bridgehead atoms. The summed E-state index contributed by atoms with van der Waals surface area (Å²) >= 11 is 0. The molecule has 0 atom stereocenters. The average molecular weight is 257 g/mol. The summed E-state index contributed by atoms with van der Waals surface area (Å²) in [5, 5.41) is 7.43. The van der Waals surface area contributed by atoms with Crippen molar-refractivity contribution in [2.75, 3.05) is 18.1 Å². The second kappa shape index (κ2) is 5.56. The summed E-state index contributed by atoms with van der Waals surface area (Å²) in [4.78, 5) is 4.03. The van der Waals surface area contributed by atoms with Gasteiger partial charge in [0.25, 0.3) is 0 Å². The number of aliphatic imine (C=N–C) groups is 1. The minimum atomic E-state index is 0.670. The van der Waals surface area contributed by atoms with Crippen molar-refractivity contribution < 1.29 is 0 Å². The van der Waals surface area contributed by atoms with E-state index in [-0.39, 0.29) is 0 Å². The molecule has 2 aromatic rings. The Kier molecular flexibility index (Phi) is 3.85. The van der Waals surface area contributed by atoms with Crippen LogP contribution in [-0.4, -0.2) is 23.0 Å². The van der Waals surface area contributed by atoms with Crippen LogP contribution in [-0.2, 0) is 13.6 Å². The molecule has 0 aliphatic rings. The zero-order chi connectivity index (χ0) is 13.8. The van der Waals surface area contributed by atoms with Crippen molar-refractivity contribution in [2.24, 2.45) is 12.0 Å². The van der Waals surface area contributed by atoms with E-state index in [2.05, 4.69) is 28.4 Å². The number of nitrogens with two attached hydrogens (primary N) is 1. The molecule has 0 radical (unpaired) electrons. The topological polar surface area (TPSA) is 68.2 Å². The van der Waals surface area contributed by atoms with Crippen molar-refractivity contribution >= 4 is 17.6 Å². The third-order valence-electron chi connectivity index (χ3n) is 2.90. The Bertz CT molecular complexity index is 598. The summed E-state index contributed by atoms with van der Waals surface area (Å²) in [6.45, 7) is 2.73. The van der Waals surface area contributed by atoms with Crippen LogP contribution in [0.4, 0.5) is 11.4 Å². The van der Waals surface area contributed by atoms with E-state index in [1.165, 1.54) is 5.56 Å². The van der Waals surface area contributed by atoms with E-state index >= 15 is 0 Å². The van der Waals surface area contributed by atoms with Gasteiger partial charge in [0.2, 0.25) is 0 Å². The van der Waals surface area contributed by atoms with Gasteiger partial charge in [0.05, 0.1) is 11.9 Å². The molecule has 0 aliphatic carbocycles. The van der Waals surface area contributed by atoms with Crippen LogP contribution in [0.15, 0.2) is 29.5 Å². The van der Waals surface area contributed by atoms with E-state index in [0.717, 1.165) is 22.5 Å². The molecule has 0 spiro atoms. The molecule has 5 heteroatoms. The Morgan fingerprint density at radius 2 is 2.26 bits per heavy atom. The second-order valence-electron chi connectivity index (χ2n) is 4.57. The van der Waals surface area contributed by atoms with Gasteiger partial charge in [-0.1, -0.05) is 6.07 Å². The summed E-state index contributed by atoms with van der Waals surface area (Å²) in [5.41, 5.74) is 11.1. The van der Waals surface area contributed by atoms with Gasteiger partial charge in [-0.2, -0.15) is 5.10 Å². The smallest absolute Gasteiger partial charge is 0.0729 e. The standard InChI is InChI=1S/C14H19N5/c1-10-4-11(6-16-2)14(15)12(5-10)7-17-13-8-18-19(3)9-13/h4-6,8-9,17H,7,15H2,1-3H3. The lowest BCUT2D eigenvalue weighted by atomic mass is 10.0. The average Bonchev–Trinajstić information content (AvgIpc) is 2.78. The zero-order valence-corrected chi connectivity index (χ0v) is 11.5. The van der Waals surface area contributed by atoms with Gasteiger partial charge in [0, 0.05) is 44.3 Å². The van der Waals surface area contributed by atoms with Crippen molar-refractivity contribution in [3.8, 4) is 0 Å². The molecule has 0 saturated heterocycles. The molecule has 19 heavy (non-hydrogen) atoms. The molecule has 5 nitrogen and oxygen atoms in total. The van der Waals surface area contributed by atoms with E-state index in [9.17, 15) is 0 Å². The van der Waals surface area contributed by atoms with Crippen molar-refractivity contribution in [3.05, 3.63) is 41.2 Å². The SMILES string of the molecule is CN=Cc1cc(C)cc(CNc2cnn(C)c2)c1N. The first-order chi connectivity index (χ1) is 9.10. The molecule has 0 amide bonds. The number of hydrogen-bond donors (Lipinski definition) is 2. The zero-order valence-electron chi connectivity index (χ0n) is 11.5. The van der Waals surface area contributed by atoms with Crippen LogP contribution in [0.2, 0.25) is 0 Å². The molecular weight excluding hydrogens is 238 g/mol. The molecule has 0 saturated carbocycles. The fraction of sp³-hybridized carbons (Fsp3) is 0.286. The lowest BCUT2D eigenvalue weighted by molar-refractivity contribution is 0.768. The molecule has 1 heterocycles. The van der Waals surface area contributed by atoms with E-state index < -0.39 is 0 Å². The molecule has 0 aliphatic heterocycles. The van der Waals surface area contributed by atoms with Crippen LogP contribution in [0.5, 0.6) is 0 Å². The summed E-state index contributed by atoms with van der Waals surface area (Å²) in [6, 6.07) is 4.13. The number of aryl methyl sites for hydroxylation is 2. The molecule has 0 fully saturated rings. The molecule has 3 N–H and O–H groups in total. The van der Waals surface area contributed by atoms with Crippen LogP contribution in [0.1, 0.15) is 16.7 Å². The van der Waals surface area contributed by atoms with Gasteiger partial charge in [-0.3, -0.25) is 9.67 Å². The minimum Gasteiger partial charge on any atom is -0.398 e. The molecular formula is C14H19N5. The van der Waals surface area contributed by atoms with E-state index in [1.54, 1.807) is 24.1 Å². The Hall–Kier alpha value is -2.30. The first kappa shape index (κ1) is 13.1. The van der Waals surface area contributed by atoms with Gasteiger partial charge in [0.1, 0.15) is 0 Å². The van der Waals surface area contributed by atoms with E-state index in [1.807, 2.05) is 19.3 Å². The summed E-state index contributed by atoms with van der Waals surface area (Å²) in [6.07, 6.45) is 5.51. The van der Waals surface area contributed by atoms with Crippen molar-refractivity contribution in [2.45, 2.75) is 13.5 Å². The van der Waals surface area contributed by atoms with Crippen LogP contribution in [0.25, 0.3) is 0 Å². The first-order valence-corrected chi connectivity index (χ1v) is 6.14. The highest BCUT2D eigenvalue weighted by Crippen LogP contribution is 2.20. The Balaban J connectivity index is 2.20. The van der Waals surface area contributed by atoms with E-state index in [0.29, 0.717) is 6.54 Å². The monoisotopic (exact) mass is 257 g/mol. The quantitative estimate of drug-likeness (QED) is 0.650. The molecule has 2 rings (SSSR count). The van der Waals surface area contributed by atoms with Crippen molar-refractivity contribution in [1.82, 2.24) is 9.78 Å². The predicted molar refractivity (Wildman–Crippen MR) is 79.6 cm³/mol. The third kappa shape index (κ3) is 3.13. The fourth-order valence-electron chi connectivity index (χ4n) is 2.00. The summed E-state index contributed by atoms with van der Waals surface area (Å²) in [5.74, 6) is 0. The predicted octanol–water partition coefficient (Wildman–Crippen LogP) is 1.97. The number of rotatable bonds is 4. The maximum absolute atomic E-state index is 6.16. The van der Waals surface area contributed by atoms with Gasteiger partial charge in [-0.05, 0) is 24.1 Å². The number of nitrogens with one attached hydrogen (secondary N) is 1. The number of nitrogen functional groups attached to an aromatic ring is 1. The van der Waals surface area contributed by atoms with Gasteiger partial charge in [0.15, 0.2) is 0 Å². The maximum Gasteiger partial charge on any atom is 0.0729 e. The van der Waals surface area contributed by atoms with E-state index in [4.69, 9.17) is 5.73 Å². The number of aromatic nitrogens is 2. The Morgan fingerprint density at radius 1 is 1.47 bits per heavy atom. The van der Waals surface area contributed by atoms with Gasteiger partial charge >= 0.3 is 0 Å². The number of benzene rings is 1. The van der Waals surface area contributed by atoms with Crippen molar-refractivity contribution in [3.63, 3.8) is 0 Å². The maximum atomic E-state index is 6.16. The van der Waals surface area contributed by atoms with Gasteiger partial charge in [-0.15, -0.1) is 0 Å². The van der Waals surface area contributed by atoms with Crippen LogP contribution in [0, 0.1) is 6.92 Å². The first-order valence-electron chi connectivity index (χ1n) is 6.14. The summed E-state index contributed by atoms with van der Waals surface area (Å²) < 4.78 is 1.76. The molecule has 100 valence electrons. The molecule has 1 aromatic carbocycles. The summed E-state index contributed by atoms with van der Waals surface area (Å²) in [7, 11) is 3.64. The Morgan fingerprint density at radius 3 is 2.89 bits per heavy atom. The lowest BCUT2D eigenvalue weighted by Gasteiger charge is -2.11. The Labute approximate surface area is 113 Å². The van der Waals surface area contributed by atoms with Gasteiger partial charge < -0.3 is 11.1 Å². The highest BCUT2D eigenvalue weighted by atomic mass is 15.3. The van der Waals surface area contributed by atoms with Crippen LogP contribution in [0.3, 0.4) is 0 Å². The molecule has 1 aromatic heterocycles. The fourth-order valence-corrected chi connectivity index (χ4v) is 2.00. The normalized spacial score (nSPS) is 11.1.